The third-order valence-corrected chi connectivity index (χ3v) is 4.04. The van der Waals surface area contributed by atoms with Gasteiger partial charge in [0.25, 0.3) is 0 Å². The van der Waals surface area contributed by atoms with Gasteiger partial charge in [0, 0.05) is 11.0 Å². The van der Waals surface area contributed by atoms with Crippen molar-refractivity contribution in [1.82, 2.24) is 0 Å². The van der Waals surface area contributed by atoms with Gasteiger partial charge >= 0.3 is 0 Å². The summed E-state index contributed by atoms with van der Waals surface area (Å²) < 4.78 is 6.02. The quantitative estimate of drug-likeness (QED) is 0.718. The van der Waals surface area contributed by atoms with Crippen molar-refractivity contribution in [3.05, 3.63) is 72.3 Å². The number of hydrogen-bond donors (Lipinski definition) is 0. The highest BCUT2D eigenvalue weighted by Crippen LogP contribution is 2.38. The van der Waals surface area contributed by atoms with Gasteiger partial charge in [-0.1, -0.05) is 62.4 Å². The van der Waals surface area contributed by atoms with Crippen molar-refractivity contribution < 1.29 is 9.53 Å². The minimum atomic E-state index is -0.0948. The van der Waals surface area contributed by atoms with Gasteiger partial charge in [0.1, 0.15) is 5.75 Å². The van der Waals surface area contributed by atoms with Gasteiger partial charge in [0.05, 0.1) is 6.61 Å². The molecule has 122 valence electrons. The number of carbonyl (C=O) groups is 1. The molecule has 0 fully saturated rings. The number of fused-ring (bicyclic) bond motifs is 1. The molecule has 3 rings (SSSR count). The number of ketones is 1. The van der Waals surface area contributed by atoms with E-state index in [4.69, 9.17) is 4.74 Å². The molecular formula is C22H22O2. The number of ether oxygens (including phenoxy) is 1. The van der Waals surface area contributed by atoms with Crippen LogP contribution in [0.25, 0.3) is 16.7 Å². The summed E-state index contributed by atoms with van der Waals surface area (Å²) in [4.78, 5) is 11.4. The summed E-state index contributed by atoms with van der Waals surface area (Å²) in [6.07, 6.45) is 5.70. The topological polar surface area (TPSA) is 26.3 Å². The molecule has 0 aliphatic carbocycles. The fraction of sp³-hybridized carbons (Fsp3) is 0.227. The van der Waals surface area contributed by atoms with E-state index in [1.165, 1.54) is 5.56 Å². The van der Waals surface area contributed by atoms with Crippen LogP contribution in [0.5, 0.6) is 5.75 Å². The molecular weight excluding hydrogens is 296 g/mol. The van der Waals surface area contributed by atoms with Crippen LogP contribution in [-0.4, -0.2) is 12.4 Å². The number of rotatable bonds is 3. The zero-order chi connectivity index (χ0) is 17.2. The molecule has 0 radical (unpaired) electrons. The lowest BCUT2D eigenvalue weighted by molar-refractivity contribution is -0.112. The molecule has 2 aromatic carbocycles. The Balaban J connectivity index is 2.12. The van der Waals surface area contributed by atoms with E-state index in [1.54, 1.807) is 13.0 Å². The zero-order valence-electron chi connectivity index (χ0n) is 14.4. The highest BCUT2D eigenvalue weighted by atomic mass is 16.5. The number of carbonyl (C=O) groups excluding carboxylic acids is 1. The number of hydrogen-bond acceptors (Lipinski definition) is 2. The van der Waals surface area contributed by atoms with E-state index in [9.17, 15) is 4.79 Å². The van der Waals surface area contributed by atoms with Crippen molar-refractivity contribution in [2.24, 2.45) is 5.41 Å². The normalized spacial score (nSPS) is 16.0. The summed E-state index contributed by atoms with van der Waals surface area (Å²) >= 11 is 0. The highest BCUT2D eigenvalue weighted by Gasteiger charge is 2.23. The first-order valence-electron chi connectivity index (χ1n) is 8.19. The number of allylic oxidation sites excluding steroid dienone is 3. The first-order valence-corrected chi connectivity index (χ1v) is 8.19. The Kier molecular flexibility index (Phi) is 4.39. The molecule has 2 heteroatoms. The monoisotopic (exact) mass is 318 g/mol. The second kappa shape index (κ2) is 6.48. The standard InChI is InChI=1S/C22H22O2/c1-16(23)9-10-19-14-22(2,3)15-24-21-12-11-18(13-20(19)21)17-7-5-4-6-8-17/h4-14H,15H2,1-3H3/b10-9+. The van der Waals surface area contributed by atoms with Crippen molar-refractivity contribution in [1.29, 1.82) is 0 Å². The fourth-order valence-corrected chi connectivity index (χ4v) is 2.84. The van der Waals surface area contributed by atoms with Gasteiger partial charge in [-0.05, 0) is 41.8 Å². The van der Waals surface area contributed by atoms with Crippen molar-refractivity contribution in [2.75, 3.05) is 6.61 Å². The maximum Gasteiger partial charge on any atom is 0.152 e. The average molecular weight is 318 g/mol. The number of benzene rings is 2. The van der Waals surface area contributed by atoms with Gasteiger partial charge in [-0.15, -0.1) is 0 Å². The van der Waals surface area contributed by atoms with Crippen molar-refractivity contribution in [3.63, 3.8) is 0 Å². The lowest BCUT2D eigenvalue weighted by Gasteiger charge is -2.18. The van der Waals surface area contributed by atoms with Gasteiger partial charge in [-0.3, -0.25) is 4.79 Å². The SMILES string of the molecule is CC(=O)/C=C/C1=CC(C)(C)COc2ccc(-c3ccccc3)cc21. The van der Waals surface area contributed by atoms with E-state index in [0.717, 1.165) is 22.4 Å². The molecule has 2 nitrogen and oxygen atoms in total. The Bertz CT molecular complexity index is 811. The van der Waals surface area contributed by atoms with Crippen LogP contribution in [0.1, 0.15) is 26.3 Å². The molecule has 2 aromatic rings. The minimum Gasteiger partial charge on any atom is -0.492 e. The highest BCUT2D eigenvalue weighted by molar-refractivity contribution is 5.92. The first kappa shape index (κ1) is 16.3. The molecule has 1 aliphatic rings. The maximum atomic E-state index is 11.4. The van der Waals surface area contributed by atoms with Crippen LogP contribution < -0.4 is 4.74 Å². The Morgan fingerprint density at radius 1 is 1.08 bits per heavy atom. The van der Waals surface area contributed by atoms with E-state index in [1.807, 2.05) is 30.3 Å². The second-order valence-electron chi connectivity index (χ2n) is 6.90. The molecule has 0 unspecified atom stereocenters. The third kappa shape index (κ3) is 3.65. The van der Waals surface area contributed by atoms with Gasteiger partial charge in [-0.25, -0.2) is 0 Å². The van der Waals surface area contributed by atoms with Crippen LogP contribution in [0, 0.1) is 5.41 Å². The van der Waals surface area contributed by atoms with Crippen molar-refractivity contribution >= 4 is 11.4 Å². The summed E-state index contributed by atoms with van der Waals surface area (Å²) in [7, 11) is 0. The van der Waals surface area contributed by atoms with E-state index >= 15 is 0 Å². The predicted octanol–water partition coefficient (Wildman–Crippen LogP) is 5.30. The Labute approximate surface area is 143 Å². The average Bonchev–Trinajstić information content (AvgIpc) is 2.69. The summed E-state index contributed by atoms with van der Waals surface area (Å²) in [5.74, 6) is 0.902. The molecule has 0 spiro atoms. The van der Waals surface area contributed by atoms with E-state index in [0.29, 0.717) is 6.61 Å². The van der Waals surface area contributed by atoms with Crippen molar-refractivity contribution in [2.45, 2.75) is 20.8 Å². The molecule has 0 bridgehead atoms. The Hall–Kier alpha value is -2.61. The largest absolute Gasteiger partial charge is 0.492 e. The molecule has 0 aromatic heterocycles. The summed E-state index contributed by atoms with van der Waals surface area (Å²) in [6.45, 7) is 6.45. The third-order valence-electron chi connectivity index (χ3n) is 4.04. The van der Waals surface area contributed by atoms with Gasteiger partial charge in [0.2, 0.25) is 0 Å². The van der Waals surface area contributed by atoms with Crippen LogP contribution >= 0.6 is 0 Å². The lowest BCUT2D eigenvalue weighted by atomic mass is 9.89. The molecule has 1 heterocycles. The van der Waals surface area contributed by atoms with Crippen LogP contribution in [-0.2, 0) is 4.79 Å². The summed E-state index contributed by atoms with van der Waals surface area (Å²) in [5, 5.41) is 0. The fourth-order valence-electron chi connectivity index (χ4n) is 2.84. The smallest absolute Gasteiger partial charge is 0.152 e. The lowest BCUT2D eigenvalue weighted by Crippen LogP contribution is -2.17. The summed E-state index contributed by atoms with van der Waals surface area (Å²) in [5.41, 5.74) is 4.26. The predicted molar refractivity (Wildman–Crippen MR) is 99.0 cm³/mol. The minimum absolute atomic E-state index is 0.0413. The van der Waals surface area contributed by atoms with E-state index in [-0.39, 0.29) is 11.2 Å². The van der Waals surface area contributed by atoms with E-state index in [2.05, 4.69) is 44.2 Å². The van der Waals surface area contributed by atoms with Gasteiger partial charge in [0.15, 0.2) is 5.78 Å². The Morgan fingerprint density at radius 2 is 1.83 bits per heavy atom. The van der Waals surface area contributed by atoms with Gasteiger partial charge in [-0.2, -0.15) is 0 Å². The summed E-state index contributed by atoms with van der Waals surface area (Å²) in [6, 6.07) is 16.5. The molecule has 0 atom stereocenters. The molecule has 0 saturated carbocycles. The molecule has 0 N–H and O–H groups in total. The van der Waals surface area contributed by atoms with Crippen LogP contribution in [0.3, 0.4) is 0 Å². The van der Waals surface area contributed by atoms with Crippen molar-refractivity contribution in [3.8, 4) is 16.9 Å². The maximum absolute atomic E-state index is 11.4. The van der Waals surface area contributed by atoms with Crippen LogP contribution in [0.4, 0.5) is 0 Å². The zero-order valence-corrected chi connectivity index (χ0v) is 14.4. The molecule has 0 amide bonds. The molecule has 0 saturated heterocycles. The first-order chi connectivity index (χ1) is 11.4. The van der Waals surface area contributed by atoms with Gasteiger partial charge < -0.3 is 4.74 Å². The van der Waals surface area contributed by atoms with Crippen LogP contribution in [0.15, 0.2) is 66.8 Å². The van der Waals surface area contributed by atoms with Crippen LogP contribution in [0.2, 0.25) is 0 Å². The molecule has 24 heavy (non-hydrogen) atoms. The van der Waals surface area contributed by atoms with E-state index < -0.39 is 0 Å². The Morgan fingerprint density at radius 3 is 2.54 bits per heavy atom. The molecule has 1 aliphatic heterocycles. The second-order valence-corrected chi connectivity index (χ2v) is 6.90.